The average molecular weight is 416 g/mol. The second-order valence-electron chi connectivity index (χ2n) is 7.01. The molecule has 4 aromatic carbocycles. The van der Waals surface area contributed by atoms with Crippen LogP contribution in [0.5, 0.6) is 5.75 Å². The third-order valence-corrected chi connectivity index (χ3v) is 6.16. The van der Waals surface area contributed by atoms with Crippen molar-refractivity contribution in [3.63, 3.8) is 0 Å². The van der Waals surface area contributed by atoms with Gasteiger partial charge in [-0.3, -0.25) is 0 Å². The molecule has 0 heterocycles. The van der Waals surface area contributed by atoms with Crippen molar-refractivity contribution >= 4 is 22.5 Å². The largest absolute Gasteiger partial charge is 0.492 e. The van der Waals surface area contributed by atoms with E-state index >= 15 is 0 Å². The number of ether oxygens (including phenoxy) is 1. The Morgan fingerprint density at radius 2 is 1.40 bits per heavy atom. The minimum absolute atomic E-state index is 0.0513. The summed E-state index contributed by atoms with van der Waals surface area (Å²) in [7, 11) is 0. The van der Waals surface area contributed by atoms with E-state index in [-0.39, 0.29) is 6.61 Å². The van der Waals surface area contributed by atoms with Gasteiger partial charge >= 0.3 is 0 Å². The molecule has 0 amide bonds. The highest BCUT2D eigenvalue weighted by atomic mass is 32.2. The fourth-order valence-corrected chi connectivity index (χ4v) is 4.39. The van der Waals surface area contributed by atoms with Crippen LogP contribution in [-0.4, -0.2) is 18.3 Å². The van der Waals surface area contributed by atoms with Crippen LogP contribution in [0.1, 0.15) is 11.1 Å². The van der Waals surface area contributed by atoms with Gasteiger partial charge < -0.3 is 15.2 Å². The third kappa shape index (κ3) is 5.22. The van der Waals surface area contributed by atoms with Crippen molar-refractivity contribution in [3.8, 4) is 5.75 Å². The fourth-order valence-electron chi connectivity index (χ4n) is 3.32. The summed E-state index contributed by atoms with van der Waals surface area (Å²) in [6, 6.07) is 30.9. The number of aliphatic hydroxyl groups excluding tert-OH is 1. The Morgan fingerprint density at radius 1 is 0.733 bits per heavy atom. The number of fused-ring (bicyclic) bond motifs is 1. The van der Waals surface area contributed by atoms with Gasteiger partial charge in [-0.15, -0.1) is 0 Å². The molecule has 152 valence electrons. The Morgan fingerprint density at radius 3 is 2.20 bits per heavy atom. The molecule has 0 unspecified atom stereocenters. The Balaban J connectivity index is 1.31. The number of hydrogen-bond donors (Lipinski definition) is 2. The molecule has 30 heavy (non-hydrogen) atoms. The van der Waals surface area contributed by atoms with Gasteiger partial charge in [-0.2, -0.15) is 0 Å². The van der Waals surface area contributed by atoms with Gasteiger partial charge in [0.2, 0.25) is 0 Å². The second kappa shape index (κ2) is 10.3. The van der Waals surface area contributed by atoms with Gasteiger partial charge in [0.1, 0.15) is 12.4 Å². The van der Waals surface area contributed by atoms with Crippen molar-refractivity contribution in [3.05, 3.63) is 102 Å². The minimum Gasteiger partial charge on any atom is -0.492 e. The quantitative estimate of drug-likeness (QED) is 0.347. The van der Waals surface area contributed by atoms with E-state index < -0.39 is 0 Å². The predicted molar refractivity (Wildman–Crippen MR) is 124 cm³/mol. The molecule has 0 aliphatic heterocycles. The van der Waals surface area contributed by atoms with Crippen LogP contribution in [0, 0.1) is 0 Å². The maximum absolute atomic E-state index is 9.58. The van der Waals surface area contributed by atoms with E-state index in [2.05, 4.69) is 59.9 Å². The Hall–Kier alpha value is -2.79. The summed E-state index contributed by atoms with van der Waals surface area (Å²) in [6.07, 6.45) is 0. The Kier molecular flexibility index (Phi) is 7.03. The van der Waals surface area contributed by atoms with Gasteiger partial charge in [-0.05, 0) is 46.2 Å². The van der Waals surface area contributed by atoms with Crippen LogP contribution in [0.2, 0.25) is 0 Å². The van der Waals surface area contributed by atoms with Gasteiger partial charge in [-0.25, -0.2) is 0 Å². The van der Waals surface area contributed by atoms with Crippen LogP contribution in [0.3, 0.4) is 0 Å². The predicted octanol–water partition coefficient (Wildman–Crippen LogP) is 5.65. The first-order valence-electron chi connectivity index (χ1n) is 10.1. The topological polar surface area (TPSA) is 41.5 Å². The van der Waals surface area contributed by atoms with Crippen LogP contribution >= 0.6 is 11.8 Å². The summed E-state index contributed by atoms with van der Waals surface area (Å²) < 4.78 is 5.91. The van der Waals surface area contributed by atoms with Gasteiger partial charge in [0.25, 0.3) is 0 Å². The fraction of sp³-hybridized carbons (Fsp3) is 0.154. The first kappa shape index (κ1) is 20.5. The van der Waals surface area contributed by atoms with Gasteiger partial charge in [0.15, 0.2) is 0 Å². The molecule has 0 aliphatic rings. The van der Waals surface area contributed by atoms with Crippen LogP contribution in [-0.2, 0) is 13.2 Å². The zero-order valence-electron chi connectivity index (χ0n) is 16.8. The molecule has 4 aromatic rings. The van der Waals surface area contributed by atoms with Crippen LogP contribution in [0.15, 0.2) is 101 Å². The molecule has 4 rings (SSSR count). The molecule has 2 N–H and O–H groups in total. The number of rotatable bonds is 9. The lowest BCUT2D eigenvalue weighted by atomic mass is 10.1. The molecule has 0 radical (unpaired) electrons. The standard InChI is InChI=1S/C26H25NO2S/c28-19-23-10-4-6-12-26(23)30-25-11-5-3-9-22(25)18-27-15-16-29-24-14-13-20-7-1-2-8-21(20)17-24/h1-14,17,27-28H,15-16,18-19H2. The molecule has 0 bridgehead atoms. The summed E-state index contributed by atoms with van der Waals surface area (Å²) in [5.74, 6) is 0.895. The van der Waals surface area contributed by atoms with Gasteiger partial charge in [0, 0.05) is 22.9 Å². The molecule has 0 atom stereocenters. The first-order chi connectivity index (χ1) is 14.8. The maximum Gasteiger partial charge on any atom is 0.120 e. The third-order valence-electron chi connectivity index (χ3n) is 4.92. The summed E-state index contributed by atoms with van der Waals surface area (Å²) in [6.45, 7) is 2.20. The van der Waals surface area contributed by atoms with Crippen molar-refractivity contribution in [1.29, 1.82) is 0 Å². The zero-order valence-corrected chi connectivity index (χ0v) is 17.6. The molecule has 0 fully saturated rings. The highest BCUT2D eigenvalue weighted by Crippen LogP contribution is 2.32. The second-order valence-corrected chi connectivity index (χ2v) is 8.09. The average Bonchev–Trinajstić information content (AvgIpc) is 2.80. The number of nitrogens with one attached hydrogen (secondary N) is 1. The highest BCUT2D eigenvalue weighted by Gasteiger charge is 2.07. The normalized spacial score (nSPS) is 11.0. The smallest absolute Gasteiger partial charge is 0.120 e. The summed E-state index contributed by atoms with van der Waals surface area (Å²) in [5, 5.41) is 15.5. The lowest BCUT2D eigenvalue weighted by molar-refractivity contribution is 0.279. The maximum atomic E-state index is 9.58. The van der Waals surface area contributed by atoms with E-state index in [0.717, 1.165) is 29.3 Å². The lowest BCUT2D eigenvalue weighted by Crippen LogP contribution is -2.20. The van der Waals surface area contributed by atoms with E-state index in [0.29, 0.717) is 6.61 Å². The number of hydrogen-bond acceptors (Lipinski definition) is 4. The van der Waals surface area contributed by atoms with Crippen molar-refractivity contribution in [2.45, 2.75) is 22.9 Å². The molecule has 4 heteroatoms. The van der Waals surface area contributed by atoms with Crippen molar-refractivity contribution in [1.82, 2.24) is 5.32 Å². The van der Waals surface area contributed by atoms with Crippen LogP contribution < -0.4 is 10.1 Å². The molecule has 3 nitrogen and oxygen atoms in total. The molecule has 0 spiro atoms. The van der Waals surface area contributed by atoms with Gasteiger partial charge in [0.05, 0.1) is 6.61 Å². The SMILES string of the molecule is OCc1ccccc1Sc1ccccc1CNCCOc1ccc2ccccc2c1. The van der Waals surface area contributed by atoms with Gasteiger partial charge in [-0.1, -0.05) is 78.5 Å². The first-order valence-corrected chi connectivity index (χ1v) is 10.9. The number of benzene rings is 4. The Labute approximate surface area is 181 Å². The molecular formula is C26H25NO2S. The highest BCUT2D eigenvalue weighted by molar-refractivity contribution is 7.99. The lowest BCUT2D eigenvalue weighted by Gasteiger charge is -2.13. The van der Waals surface area contributed by atoms with Crippen molar-refractivity contribution in [2.24, 2.45) is 0 Å². The summed E-state index contributed by atoms with van der Waals surface area (Å²) in [5.41, 5.74) is 2.19. The number of aliphatic hydroxyl groups is 1. The van der Waals surface area contributed by atoms with Crippen molar-refractivity contribution in [2.75, 3.05) is 13.2 Å². The monoisotopic (exact) mass is 415 g/mol. The molecule has 0 aliphatic carbocycles. The van der Waals surface area contributed by atoms with E-state index in [9.17, 15) is 5.11 Å². The van der Waals surface area contributed by atoms with E-state index in [1.165, 1.54) is 21.2 Å². The minimum atomic E-state index is 0.0513. The molecule has 0 saturated heterocycles. The van der Waals surface area contributed by atoms with Crippen molar-refractivity contribution < 1.29 is 9.84 Å². The van der Waals surface area contributed by atoms with Crippen LogP contribution in [0.4, 0.5) is 0 Å². The van der Waals surface area contributed by atoms with E-state index in [4.69, 9.17) is 4.74 Å². The zero-order chi connectivity index (χ0) is 20.6. The summed E-state index contributed by atoms with van der Waals surface area (Å²) in [4.78, 5) is 2.29. The van der Waals surface area contributed by atoms with E-state index in [1.54, 1.807) is 11.8 Å². The Bertz CT molecular complexity index is 1110. The van der Waals surface area contributed by atoms with E-state index in [1.807, 2.05) is 36.4 Å². The van der Waals surface area contributed by atoms with Crippen LogP contribution in [0.25, 0.3) is 10.8 Å². The molecule has 0 saturated carbocycles. The summed E-state index contributed by atoms with van der Waals surface area (Å²) >= 11 is 1.70. The molecule has 0 aromatic heterocycles. The molecular weight excluding hydrogens is 390 g/mol.